The Morgan fingerprint density at radius 3 is 2.12 bits per heavy atom. The van der Waals surface area contributed by atoms with E-state index in [2.05, 4.69) is 10.6 Å². The van der Waals surface area contributed by atoms with Crippen molar-refractivity contribution in [2.75, 3.05) is 10.6 Å². The minimum absolute atomic E-state index is 0.265. The summed E-state index contributed by atoms with van der Waals surface area (Å²) in [6, 6.07) is 10.7. The van der Waals surface area contributed by atoms with Gasteiger partial charge in [0.25, 0.3) is 0 Å². The maximum absolute atomic E-state index is 13.5. The van der Waals surface area contributed by atoms with Crippen LogP contribution in [0.1, 0.15) is 12.0 Å². The van der Waals surface area contributed by atoms with Crippen LogP contribution >= 0.6 is 0 Å². The Balaban J connectivity index is 1.61. The Morgan fingerprint density at radius 2 is 1.50 bits per heavy atom. The molecule has 2 aromatic rings. The number of para-hydroxylation sites is 2. The average molecular weight is 330 g/mol. The highest BCUT2D eigenvalue weighted by Crippen LogP contribution is 2.40. The second-order valence-electron chi connectivity index (χ2n) is 5.84. The van der Waals surface area contributed by atoms with Crippen molar-refractivity contribution in [3.8, 4) is 0 Å². The molecule has 1 aliphatic carbocycles. The number of hydrogen-bond donors (Lipinski definition) is 2. The fourth-order valence-corrected chi connectivity index (χ4v) is 2.55. The highest BCUT2D eigenvalue weighted by atomic mass is 19.1. The molecule has 1 fully saturated rings. The van der Waals surface area contributed by atoms with Crippen molar-refractivity contribution in [1.29, 1.82) is 0 Å². The monoisotopic (exact) mass is 330 g/mol. The standard InChI is InChI=1S/C18H16F2N2O2/c1-10-5-2-3-8-15(10)21-17(23)11-9-12(11)18(24)22-16-13(19)6-4-7-14(16)20/h2-8,11-12H,9H2,1H3,(H,21,23)(H,22,24). The van der Waals surface area contributed by atoms with Crippen molar-refractivity contribution in [2.45, 2.75) is 13.3 Å². The molecule has 1 saturated carbocycles. The summed E-state index contributed by atoms with van der Waals surface area (Å²) in [5.74, 6) is -3.57. The molecule has 2 unspecified atom stereocenters. The second kappa shape index (κ2) is 6.39. The molecule has 2 atom stereocenters. The highest BCUT2D eigenvalue weighted by Gasteiger charge is 2.48. The van der Waals surface area contributed by atoms with E-state index in [4.69, 9.17) is 0 Å². The van der Waals surface area contributed by atoms with Gasteiger partial charge in [-0.3, -0.25) is 9.59 Å². The average Bonchev–Trinajstić information content (AvgIpc) is 3.34. The summed E-state index contributed by atoms with van der Waals surface area (Å²) in [6.07, 6.45) is 0.361. The van der Waals surface area contributed by atoms with Gasteiger partial charge in [-0.25, -0.2) is 8.78 Å². The van der Waals surface area contributed by atoms with E-state index in [9.17, 15) is 18.4 Å². The van der Waals surface area contributed by atoms with E-state index < -0.39 is 35.1 Å². The largest absolute Gasteiger partial charge is 0.326 e. The molecule has 124 valence electrons. The van der Waals surface area contributed by atoms with Gasteiger partial charge in [0.1, 0.15) is 17.3 Å². The number of anilines is 2. The summed E-state index contributed by atoms with van der Waals surface area (Å²) in [7, 11) is 0. The van der Waals surface area contributed by atoms with Crippen LogP contribution in [0.5, 0.6) is 0 Å². The lowest BCUT2D eigenvalue weighted by Gasteiger charge is -2.09. The van der Waals surface area contributed by atoms with E-state index in [-0.39, 0.29) is 5.91 Å². The number of benzene rings is 2. The van der Waals surface area contributed by atoms with Gasteiger partial charge in [0.05, 0.1) is 11.8 Å². The summed E-state index contributed by atoms with van der Waals surface area (Å²) in [5.41, 5.74) is 1.13. The highest BCUT2D eigenvalue weighted by molar-refractivity contribution is 6.03. The molecule has 0 aromatic heterocycles. The minimum Gasteiger partial charge on any atom is -0.326 e. The number of hydrogen-bond acceptors (Lipinski definition) is 2. The van der Waals surface area contributed by atoms with Gasteiger partial charge < -0.3 is 10.6 Å². The SMILES string of the molecule is Cc1ccccc1NC(=O)C1CC1C(=O)Nc1c(F)cccc1F. The summed E-state index contributed by atoms with van der Waals surface area (Å²) in [6.45, 7) is 1.87. The summed E-state index contributed by atoms with van der Waals surface area (Å²) >= 11 is 0. The lowest BCUT2D eigenvalue weighted by molar-refractivity contribution is -0.122. The van der Waals surface area contributed by atoms with E-state index in [1.807, 2.05) is 19.1 Å². The zero-order chi connectivity index (χ0) is 17.3. The Hall–Kier alpha value is -2.76. The Morgan fingerprint density at radius 1 is 0.917 bits per heavy atom. The van der Waals surface area contributed by atoms with Crippen LogP contribution in [-0.4, -0.2) is 11.8 Å². The molecule has 4 nitrogen and oxygen atoms in total. The van der Waals surface area contributed by atoms with E-state index in [1.165, 1.54) is 6.07 Å². The number of amides is 2. The van der Waals surface area contributed by atoms with Gasteiger partial charge >= 0.3 is 0 Å². The van der Waals surface area contributed by atoms with Gasteiger partial charge in [0.15, 0.2) is 0 Å². The van der Waals surface area contributed by atoms with Gasteiger partial charge in [-0.1, -0.05) is 24.3 Å². The third kappa shape index (κ3) is 3.27. The fourth-order valence-electron chi connectivity index (χ4n) is 2.55. The van der Waals surface area contributed by atoms with E-state index in [0.29, 0.717) is 12.1 Å². The van der Waals surface area contributed by atoms with Crippen LogP contribution in [0.25, 0.3) is 0 Å². The third-order valence-corrected chi connectivity index (χ3v) is 4.08. The summed E-state index contributed by atoms with van der Waals surface area (Å²) in [5, 5.41) is 5.01. The number of nitrogens with one attached hydrogen (secondary N) is 2. The van der Waals surface area contributed by atoms with Gasteiger partial charge in [-0.05, 0) is 37.1 Å². The molecule has 0 saturated heterocycles. The molecule has 0 bridgehead atoms. The number of aryl methyl sites for hydroxylation is 1. The Bertz CT molecular complexity index is 787. The van der Waals surface area contributed by atoms with Gasteiger partial charge in [-0.2, -0.15) is 0 Å². The molecule has 1 aliphatic rings. The quantitative estimate of drug-likeness (QED) is 0.901. The van der Waals surface area contributed by atoms with E-state index in [1.54, 1.807) is 12.1 Å². The topological polar surface area (TPSA) is 58.2 Å². The molecule has 0 radical (unpaired) electrons. The third-order valence-electron chi connectivity index (χ3n) is 4.08. The zero-order valence-electron chi connectivity index (χ0n) is 13.0. The first kappa shape index (κ1) is 16.1. The normalized spacial score (nSPS) is 18.8. The molecular weight excluding hydrogens is 314 g/mol. The molecule has 2 amide bonds. The fraction of sp³-hybridized carbons (Fsp3) is 0.222. The molecule has 0 heterocycles. The first-order chi connectivity index (χ1) is 11.5. The number of rotatable bonds is 4. The molecule has 2 N–H and O–H groups in total. The van der Waals surface area contributed by atoms with Gasteiger partial charge in [-0.15, -0.1) is 0 Å². The van der Waals surface area contributed by atoms with Crippen LogP contribution in [-0.2, 0) is 9.59 Å². The predicted octanol–water partition coefficient (Wildman–Crippen LogP) is 3.49. The maximum Gasteiger partial charge on any atom is 0.228 e. The van der Waals surface area contributed by atoms with Crippen molar-refractivity contribution in [3.63, 3.8) is 0 Å². The van der Waals surface area contributed by atoms with Crippen LogP contribution in [0, 0.1) is 30.4 Å². The van der Waals surface area contributed by atoms with E-state index in [0.717, 1.165) is 17.7 Å². The van der Waals surface area contributed by atoms with Crippen LogP contribution < -0.4 is 10.6 Å². The molecule has 2 aromatic carbocycles. The van der Waals surface area contributed by atoms with E-state index >= 15 is 0 Å². The van der Waals surface area contributed by atoms with Crippen molar-refractivity contribution in [2.24, 2.45) is 11.8 Å². The van der Waals surface area contributed by atoms with Crippen molar-refractivity contribution >= 4 is 23.2 Å². The molecular formula is C18H16F2N2O2. The number of carbonyl (C=O) groups is 2. The summed E-state index contributed by atoms with van der Waals surface area (Å²) in [4.78, 5) is 24.3. The molecule has 3 rings (SSSR count). The van der Waals surface area contributed by atoms with Crippen LogP contribution in [0.3, 0.4) is 0 Å². The smallest absolute Gasteiger partial charge is 0.228 e. The first-order valence-corrected chi connectivity index (χ1v) is 7.58. The Kier molecular flexibility index (Phi) is 4.29. The minimum atomic E-state index is -0.843. The molecule has 6 heteroatoms. The predicted molar refractivity (Wildman–Crippen MR) is 86.4 cm³/mol. The first-order valence-electron chi connectivity index (χ1n) is 7.58. The number of carbonyl (C=O) groups excluding carboxylic acids is 2. The van der Waals surface area contributed by atoms with Crippen LogP contribution in [0.15, 0.2) is 42.5 Å². The van der Waals surface area contributed by atoms with Crippen molar-refractivity contribution < 1.29 is 18.4 Å². The maximum atomic E-state index is 13.5. The van der Waals surface area contributed by atoms with Crippen molar-refractivity contribution in [1.82, 2.24) is 0 Å². The second-order valence-corrected chi connectivity index (χ2v) is 5.84. The number of halogens is 2. The Labute approximate surface area is 137 Å². The molecule has 0 spiro atoms. The van der Waals surface area contributed by atoms with Gasteiger partial charge in [0, 0.05) is 5.69 Å². The van der Waals surface area contributed by atoms with Crippen molar-refractivity contribution in [3.05, 3.63) is 59.7 Å². The molecule has 0 aliphatic heterocycles. The lowest BCUT2D eigenvalue weighted by atomic mass is 10.2. The molecule has 24 heavy (non-hydrogen) atoms. The van der Waals surface area contributed by atoms with Crippen LogP contribution in [0.2, 0.25) is 0 Å². The lowest BCUT2D eigenvalue weighted by Crippen LogP contribution is -2.21. The van der Waals surface area contributed by atoms with Gasteiger partial charge in [0.2, 0.25) is 11.8 Å². The van der Waals surface area contributed by atoms with Crippen LogP contribution in [0.4, 0.5) is 20.2 Å². The summed E-state index contributed by atoms with van der Waals surface area (Å²) < 4.78 is 27.1. The zero-order valence-corrected chi connectivity index (χ0v) is 13.0.